The van der Waals surface area contributed by atoms with Gasteiger partial charge in [-0.05, 0) is 62.3 Å². The molecular formula is C25H33NO2. The van der Waals surface area contributed by atoms with E-state index < -0.39 is 0 Å². The first kappa shape index (κ1) is 19.3. The van der Waals surface area contributed by atoms with Gasteiger partial charge in [-0.2, -0.15) is 0 Å². The van der Waals surface area contributed by atoms with Gasteiger partial charge in [-0.1, -0.05) is 37.3 Å². The summed E-state index contributed by atoms with van der Waals surface area (Å²) in [4.78, 5) is 2.59. The molecule has 150 valence electrons. The molecule has 0 radical (unpaired) electrons. The summed E-state index contributed by atoms with van der Waals surface area (Å²) in [6, 6.07) is 15.0. The lowest BCUT2D eigenvalue weighted by atomic mass is 9.76. The Labute approximate surface area is 169 Å². The van der Waals surface area contributed by atoms with Crippen molar-refractivity contribution in [2.75, 3.05) is 33.4 Å². The molecule has 2 aliphatic rings. The lowest BCUT2D eigenvalue weighted by Crippen LogP contribution is -2.21. The lowest BCUT2D eigenvalue weighted by Gasteiger charge is -2.30. The second-order valence-electron chi connectivity index (χ2n) is 8.21. The number of likely N-dealkylation sites (tertiary alicyclic amines) is 1. The topological polar surface area (TPSA) is 21.7 Å². The van der Waals surface area contributed by atoms with Gasteiger partial charge in [-0.3, -0.25) is 0 Å². The van der Waals surface area contributed by atoms with E-state index in [0.717, 1.165) is 62.8 Å². The second-order valence-corrected chi connectivity index (χ2v) is 8.21. The highest BCUT2D eigenvalue weighted by Gasteiger charge is 2.39. The van der Waals surface area contributed by atoms with Gasteiger partial charge in [0.15, 0.2) is 0 Å². The van der Waals surface area contributed by atoms with E-state index in [0.29, 0.717) is 5.92 Å². The SMILES string of the molecule is CCN1C[C@@H]2CCc3c(OC)ccc(OCCCCc4ccccc4)c3[C@@H]2C1. The normalized spacial score (nSPS) is 21.2. The number of benzene rings is 2. The van der Waals surface area contributed by atoms with E-state index in [1.165, 1.54) is 29.7 Å². The minimum absolute atomic E-state index is 0.595. The molecule has 3 nitrogen and oxygen atoms in total. The minimum atomic E-state index is 0.595. The Morgan fingerprint density at radius 2 is 1.82 bits per heavy atom. The molecule has 0 aromatic heterocycles. The van der Waals surface area contributed by atoms with Gasteiger partial charge in [0.25, 0.3) is 0 Å². The van der Waals surface area contributed by atoms with E-state index in [4.69, 9.17) is 9.47 Å². The van der Waals surface area contributed by atoms with Crippen molar-refractivity contribution in [3.05, 3.63) is 59.2 Å². The van der Waals surface area contributed by atoms with Crippen molar-refractivity contribution in [3.8, 4) is 11.5 Å². The van der Waals surface area contributed by atoms with Gasteiger partial charge in [-0.25, -0.2) is 0 Å². The molecule has 1 aliphatic carbocycles. The summed E-state index contributed by atoms with van der Waals surface area (Å²) < 4.78 is 12.0. The zero-order valence-corrected chi connectivity index (χ0v) is 17.3. The molecule has 4 rings (SSSR count). The fourth-order valence-electron chi connectivity index (χ4n) is 5.03. The number of ether oxygens (including phenoxy) is 2. The predicted molar refractivity (Wildman–Crippen MR) is 115 cm³/mol. The summed E-state index contributed by atoms with van der Waals surface area (Å²) >= 11 is 0. The molecule has 1 aliphatic heterocycles. The van der Waals surface area contributed by atoms with Crippen LogP contribution in [-0.4, -0.2) is 38.3 Å². The van der Waals surface area contributed by atoms with Crippen LogP contribution >= 0.6 is 0 Å². The molecule has 0 bridgehead atoms. The van der Waals surface area contributed by atoms with E-state index >= 15 is 0 Å². The molecule has 0 N–H and O–H groups in total. The van der Waals surface area contributed by atoms with E-state index in [2.05, 4.69) is 54.3 Å². The zero-order valence-electron chi connectivity index (χ0n) is 17.3. The van der Waals surface area contributed by atoms with Gasteiger partial charge in [0.1, 0.15) is 11.5 Å². The summed E-state index contributed by atoms with van der Waals surface area (Å²) in [7, 11) is 1.79. The predicted octanol–water partition coefficient (Wildman–Crippen LogP) is 5.08. The minimum Gasteiger partial charge on any atom is -0.496 e. The number of methoxy groups -OCH3 is 1. The number of hydrogen-bond acceptors (Lipinski definition) is 3. The van der Waals surface area contributed by atoms with Crippen molar-refractivity contribution in [1.29, 1.82) is 0 Å². The van der Waals surface area contributed by atoms with Crippen LogP contribution in [0.3, 0.4) is 0 Å². The average molecular weight is 380 g/mol. The number of rotatable bonds is 8. The highest BCUT2D eigenvalue weighted by atomic mass is 16.5. The van der Waals surface area contributed by atoms with Gasteiger partial charge in [0.2, 0.25) is 0 Å². The number of nitrogens with zero attached hydrogens (tertiary/aromatic N) is 1. The summed E-state index contributed by atoms with van der Waals surface area (Å²) in [6.45, 7) is 6.59. The monoisotopic (exact) mass is 379 g/mol. The van der Waals surface area contributed by atoms with Gasteiger partial charge < -0.3 is 14.4 Å². The van der Waals surface area contributed by atoms with Crippen LogP contribution in [0.4, 0.5) is 0 Å². The maximum absolute atomic E-state index is 6.34. The van der Waals surface area contributed by atoms with Crippen molar-refractivity contribution >= 4 is 0 Å². The van der Waals surface area contributed by atoms with Crippen LogP contribution in [0.1, 0.15) is 48.8 Å². The van der Waals surface area contributed by atoms with Crippen molar-refractivity contribution in [1.82, 2.24) is 4.90 Å². The third kappa shape index (κ3) is 4.05. The summed E-state index contributed by atoms with van der Waals surface area (Å²) in [6.07, 6.45) is 5.76. The maximum Gasteiger partial charge on any atom is 0.123 e. The molecule has 2 aromatic carbocycles. The third-order valence-corrected chi connectivity index (χ3v) is 6.55. The maximum atomic E-state index is 6.34. The van der Waals surface area contributed by atoms with Gasteiger partial charge in [-0.15, -0.1) is 0 Å². The standard InChI is InChI=1S/C25H33NO2/c1-3-26-17-20-12-13-21-23(27-2)14-15-24(25(21)22(20)18-26)28-16-8-7-11-19-9-5-4-6-10-19/h4-6,9-10,14-15,20,22H,3,7-8,11-13,16-18H2,1-2H3/t20-,22+/m0/s1. The molecule has 0 spiro atoms. The second kappa shape index (κ2) is 9.00. The quantitative estimate of drug-likeness (QED) is 0.597. The van der Waals surface area contributed by atoms with Crippen LogP contribution in [0.25, 0.3) is 0 Å². The molecule has 2 aromatic rings. The Bertz CT molecular complexity index is 774. The zero-order chi connectivity index (χ0) is 19.3. The number of fused-ring (bicyclic) bond motifs is 3. The first-order valence-electron chi connectivity index (χ1n) is 10.9. The third-order valence-electron chi connectivity index (χ3n) is 6.55. The Hall–Kier alpha value is -2.00. The van der Waals surface area contributed by atoms with Crippen LogP contribution in [0.5, 0.6) is 11.5 Å². The molecular weight excluding hydrogens is 346 g/mol. The molecule has 3 heteroatoms. The van der Waals surface area contributed by atoms with Gasteiger partial charge in [0, 0.05) is 30.1 Å². The van der Waals surface area contributed by atoms with E-state index in [1.807, 2.05) is 0 Å². The van der Waals surface area contributed by atoms with Crippen LogP contribution in [0, 0.1) is 5.92 Å². The van der Waals surface area contributed by atoms with Crippen molar-refractivity contribution in [3.63, 3.8) is 0 Å². The largest absolute Gasteiger partial charge is 0.496 e. The molecule has 28 heavy (non-hydrogen) atoms. The fraction of sp³-hybridized carbons (Fsp3) is 0.520. The van der Waals surface area contributed by atoms with Gasteiger partial charge in [0.05, 0.1) is 13.7 Å². The molecule has 2 atom stereocenters. The van der Waals surface area contributed by atoms with Crippen molar-refractivity contribution in [2.45, 2.75) is 44.9 Å². The summed E-state index contributed by atoms with van der Waals surface area (Å²) in [5, 5.41) is 0. The van der Waals surface area contributed by atoms with Crippen molar-refractivity contribution < 1.29 is 9.47 Å². The number of aryl methyl sites for hydroxylation is 1. The lowest BCUT2D eigenvalue weighted by molar-refractivity contribution is 0.294. The number of hydrogen-bond donors (Lipinski definition) is 0. The van der Waals surface area contributed by atoms with Crippen LogP contribution < -0.4 is 9.47 Å². The molecule has 1 fully saturated rings. The first-order valence-corrected chi connectivity index (χ1v) is 10.9. The number of unbranched alkanes of at least 4 members (excludes halogenated alkanes) is 1. The fourth-order valence-corrected chi connectivity index (χ4v) is 5.03. The molecule has 1 saturated heterocycles. The summed E-state index contributed by atoms with van der Waals surface area (Å²) in [5.74, 6) is 3.50. The van der Waals surface area contributed by atoms with Crippen LogP contribution in [-0.2, 0) is 12.8 Å². The van der Waals surface area contributed by atoms with Crippen LogP contribution in [0.15, 0.2) is 42.5 Å². The first-order chi connectivity index (χ1) is 13.8. The Balaban J connectivity index is 1.43. The highest BCUT2D eigenvalue weighted by Crippen LogP contribution is 2.48. The van der Waals surface area contributed by atoms with Crippen molar-refractivity contribution in [2.24, 2.45) is 5.92 Å². The van der Waals surface area contributed by atoms with Crippen LogP contribution in [0.2, 0.25) is 0 Å². The highest BCUT2D eigenvalue weighted by molar-refractivity contribution is 5.53. The smallest absolute Gasteiger partial charge is 0.123 e. The molecule has 0 unspecified atom stereocenters. The van der Waals surface area contributed by atoms with E-state index in [1.54, 1.807) is 7.11 Å². The molecule has 0 saturated carbocycles. The average Bonchev–Trinajstić information content (AvgIpc) is 3.17. The Morgan fingerprint density at radius 1 is 1.00 bits per heavy atom. The van der Waals surface area contributed by atoms with Gasteiger partial charge >= 0.3 is 0 Å². The Kier molecular flexibility index (Phi) is 6.21. The number of likely N-dealkylation sites (N-methyl/N-ethyl adjacent to an activating group) is 1. The summed E-state index contributed by atoms with van der Waals surface area (Å²) in [5.41, 5.74) is 4.25. The molecule has 1 heterocycles. The van der Waals surface area contributed by atoms with E-state index in [9.17, 15) is 0 Å². The Morgan fingerprint density at radius 3 is 2.61 bits per heavy atom. The van der Waals surface area contributed by atoms with E-state index in [-0.39, 0.29) is 0 Å². The molecule has 0 amide bonds.